The Morgan fingerprint density at radius 2 is 1.70 bits per heavy atom. The molecule has 0 fully saturated rings. The smallest absolute Gasteiger partial charge is 0.315 e. The molecular formula is C17H19ClN2O3. The molecule has 2 aromatic carbocycles. The van der Waals surface area contributed by atoms with E-state index in [1.807, 2.05) is 24.3 Å². The maximum Gasteiger partial charge on any atom is 0.315 e. The van der Waals surface area contributed by atoms with Crippen LogP contribution < -0.4 is 20.1 Å². The van der Waals surface area contributed by atoms with Crippen molar-refractivity contribution in [2.75, 3.05) is 14.2 Å². The molecule has 0 aliphatic rings. The van der Waals surface area contributed by atoms with Crippen molar-refractivity contribution in [1.82, 2.24) is 10.6 Å². The van der Waals surface area contributed by atoms with E-state index in [1.54, 1.807) is 32.4 Å². The maximum atomic E-state index is 11.9. The molecule has 0 aliphatic carbocycles. The van der Waals surface area contributed by atoms with Crippen LogP contribution in [-0.2, 0) is 13.1 Å². The normalized spacial score (nSPS) is 10.0. The Bertz CT molecular complexity index is 659. The molecule has 2 rings (SSSR count). The van der Waals surface area contributed by atoms with E-state index >= 15 is 0 Å². The Labute approximate surface area is 140 Å². The van der Waals surface area contributed by atoms with Gasteiger partial charge in [0.25, 0.3) is 0 Å². The van der Waals surface area contributed by atoms with E-state index in [1.165, 1.54) is 0 Å². The first kappa shape index (κ1) is 17.0. The van der Waals surface area contributed by atoms with Gasteiger partial charge in [0, 0.05) is 29.7 Å². The quantitative estimate of drug-likeness (QED) is 0.851. The number of hydrogen-bond acceptors (Lipinski definition) is 3. The molecule has 5 nitrogen and oxygen atoms in total. The Morgan fingerprint density at radius 3 is 2.35 bits per heavy atom. The van der Waals surface area contributed by atoms with Crippen molar-refractivity contribution in [3.63, 3.8) is 0 Å². The second-order valence-electron chi connectivity index (χ2n) is 4.84. The minimum absolute atomic E-state index is 0.252. The Kier molecular flexibility index (Phi) is 6.11. The molecule has 0 unspecified atom stereocenters. The van der Waals surface area contributed by atoms with Crippen LogP contribution in [0.25, 0.3) is 0 Å². The van der Waals surface area contributed by atoms with E-state index in [2.05, 4.69) is 10.6 Å². The number of carbonyl (C=O) groups is 1. The molecule has 0 bridgehead atoms. The highest BCUT2D eigenvalue weighted by atomic mass is 35.5. The van der Waals surface area contributed by atoms with Gasteiger partial charge in [-0.25, -0.2) is 4.79 Å². The average molecular weight is 335 g/mol. The molecule has 0 heterocycles. The number of urea groups is 1. The zero-order valence-corrected chi connectivity index (χ0v) is 13.8. The van der Waals surface area contributed by atoms with Gasteiger partial charge in [0.15, 0.2) is 0 Å². The maximum absolute atomic E-state index is 11.9. The molecule has 2 amide bonds. The van der Waals surface area contributed by atoms with Crippen LogP contribution in [0, 0.1) is 0 Å². The summed E-state index contributed by atoms with van der Waals surface area (Å²) >= 11 is 5.82. The van der Waals surface area contributed by atoms with Crippen LogP contribution >= 0.6 is 11.6 Å². The molecule has 23 heavy (non-hydrogen) atoms. The molecule has 0 radical (unpaired) electrons. The first-order valence-corrected chi connectivity index (χ1v) is 7.47. The van der Waals surface area contributed by atoms with Gasteiger partial charge in [-0.2, -0.15) is 0 Å². The highest BCUT2D eigenvalue weighted by Crippen LogP contribution is 2.24. The summed E-state index contributed by atoms with van der Waals surface area (Å²) in [4.78, 5) is 11.9. The predicted octanol–water partition coefficient (Wildman–Crippen LogP) is 3.36. The lowest BCUT2D eigenvalue weighted by Crippen LogP contribution is -2.34. The van der Waals surface area contributed by atoms with E-state index in [0.29, 0.717) is 29.6 Å². The van der Waals surface area contributed by atoms with Crippen LogP contribution in [0.15, 0.2) is 42.5 Å². The SMILES string of the molecule is COc1ccc(CNC(=O)NCc2ccc(Cl)cc2)c(OC)c1. The summed E-state index contributed by atoms with van der Waals surface area (Å²) in [6.45, 7) is 0.794. The van der Waals surface area contributed by atoms with E-state index in [9.17, 15) is 4.79 Å². The number of amides is 2. The number of hydrogen-bond donors (Lipinski definition) is 2. The molecule has 0 aromatic heterocycles. The first-order valence-electron chi connectivity index (χ1n) is 7.09. The number of methoxy groups -OCH3 is 2. The lowest BCUT2D eigenvalue weighted by atomic mass is 10.2. The summed E-state index contributed by atoms with van der Waals surface area (Å²) < 4.78 is 10.4. The summed E-state index contributed by atoms with van der Waals surface area (Å²) in [7, 11) is 3.18. The zero-order valence-electron chi connectivity index (χ0n) is 13.1. The first-order chi connectivity index (χ1) is 11.1. The highest BCUT2D eigenvalue weighted by Gasteiger charge is 2.07. The minimum atomic E-state index is -0.252. The average Bonchev–Trinajstić information content (AvgIpc) is 2.59. The van der Waals surface area contributed by atoms with Crippen LogP contribution in [0.4, 0.5) is 4.79 Å². The Hall–Kier alpha value is -2.40. The van der Waals surface area contributed by atoms with Crippen molar-refractivity contribution < 1.29 is 14.3 Å². The summed E-state index contributed by atoms with van der Waals surface area (Å²) in [6.07, 6.45) is 0. The van der Waals surface area contributed by atoms with Gasteiger partial charge in [0.1, 0.15) is 11.5 Å². The van der Waals surface area contributed by atoms with Gasteiger partial charge in [0.05, 0.1) is 14.2 Å². The molecular weight excluding hydrogens is 316 g/mol. The Morgan fingerprint density at radius 1 is 1.00 bits per heavy atom. The largest absolute Gasteiger partial charge is 0.497 e. The van der Waals surface area contributed by atoms with Gasteiger partial charge >= 0.3 is 6.03 Å². The third-order valence-electron chi connectivity index (χ3n) is 3.30. The van der Waals surface area contributed by atoms with Crippen LogP contribution in [0.5, 0.6) is 11.5 Å². The molecule has 6 heteroatoms. The summed E-state index contributed by atoms with van der Waals surface area (Å²) in [5.41, 5.74) is 1.85. The second kappa shape index (κ2) is 8.29. The van der Waals surface area contributed by atoms with Crippen LogP contribution in [0.1, 0.15) is 11.1 Å². The third-order valence-corrected chi connectivity index (χ3v) is 3.55. The lowest BCUT2D eigenvalue weighted by Gasteiger charge is -2.12. The van der Waals surface area contributed by atoms with Gasteiger partial charge in [0.2, 0.25) is 0 Å². The van der Waals surface area contributed by atoms with E-state index in [0.717, 1.165) is 11.1 Å². The summed E-state index contributed by atoms with van der Waals surface area (Å²) in [6, 6.07) is 12.5. The summed E-state index contributed by atoms with van der Waals surface area (Å²) in [5, 5.41) is 6.26. The number of rotatable bonds is 6. The molecule has 2 N–H and O–H groups in total. The monoisotopic (exact) mass is 334 g/mol. The number of halogens is 1. The molecule has 0 atom stereocenters. The van der Waals surface area contributed by atoms with E-state index < -0.39 is 0 Å². The van der Waals surface area contributed by atoms with Gasteiger partial charge in [-0.1, -0.05) is 23.7 Å². The fraction of sp³-hybridized carbons (Fsp3) is 0.235. The van der Waals surface area contributed by atoms with Crippen molar-refractivity contribution in [3.8, 4) is 11.5 Å². The molecule has 0 spiro atoms. The van der Waals surface area contributed by atoms with Crippen LogP contribution in [0.2, 0.25) is 5.02 Å². The number of nitrogens with one attached hydrogen (secondary N) is 2. The van der Waals surface area contributed by atoms with Gasteiger partial charge < -0.3 is 20.1 Å². The fourth-order valence-electron chi connectivity index (χ4n) is 2.02. The third kappa shape index (κ3) is 5.07. The van der Waals surface area contributed by atoms with Crippen molar-refractivity contribution in [2.45, 2.75) is 13.1 Å². The lowest BCUT2D eigenvalue weighted by molar-refractivity contribution is 0.240. The van der Waals surface area contributed by atoms with Gasteiger partial charge in [-0.15, -0.1) is 0 Å². The topological polar surface area (TPSA) is 59.6 Å². The summed E-state index contributed by atoms with van der Waals surface area (Å²) in [5.74, 6) is 1.38. The second-order valence-corrected chi connectivity index (χ2v) is 5.28. The van der Waals surface area contributed by atoms with Crippen molar-refractivity contribution in [2.24, 2.45) is 0 Å². The number of carbonyl (C=O) groups excluding carboxylic acids is 1. The van der Waals surface area contributed by atoms with Gasteiger partial charge in [-0.05, 0) is 29.8 Å². The van der Waals surface area contributed by atoms with Crippen molar-refractivity contribution in [3.05, 3.63) is 58.6 Å². The zero-order chi connectivity index (χ0) is 16.7. The molecule has 0 aliphatic heterocycles. The van der Waals surface area contributed by atoms with Crippen molar-refractivity contribution >= 4 is 17.6 Å². The fourth-order valence-corrected chi connectivity index (χ4v) is 2.15. The van der Waals surface area contributed by atoms with Crippen LogP contribution in [0.3, 0.4) is 0 Å². The van der Waals surface area contributed by atoms with E-state index in [-0.39, 0.29) is 6.03 Å². The number of benzene rings is 2. The molecule has 122 valence electrons. The minimum Gasteiger partial charge on any atom is -0.497 e. The van der Waals surface area contributed by atoms with E-state index in [4.69, 9.17) is 21.1 Å². The van der Waals surface area contributed by atoms with Gasteiger partial charge in [-0.3, -0.25) is 0 Å². The Balaban J connectivity index is 1.85. The molecule has 2 aromatic rings. The van der Waals surface area contributed by atoms with Crippen LogP contribution in [-0.4, -0.2) is 20.3 Å². The molecule has 0 saturated heterocycles. The number of ether oxygens (including phenoxy) is 2. The predicted molar refractivity (Wildman–Crippen MR) is 90.1 cm³/mol. The molecule has 0 saturated carbocycles. The standard InChI is InChI=1S/C17H19ClN2O3/c1-22-15-8-5-13(16(9-15)23-2)11-20-17(21)19-10-12-3-6-14(18)7-4-12/h3-9H,10-11H2,1-2H3,(H2,19,20,21). The van der Waals surface area contributed by atoms with Crippen molar-refractivity contribution in [1.29, 1.82) is 0 Å². The highest BCUT2D eigenvalue weighted by molar-refractivity contribution is 6.30.